The van der Waals surface area contributed by atoms with Crippen LogP contribution in [0.1, 0.15) is 17.5 Å². The Morgan fingerprint density at radius 3 is 2.39 bits per heavy atom. The number of anilines is 1. The van der Waals surface area contributed by atoms with Crippen molar-refractivity contribution in [3.8, 4) is 11.1 Å². The average Bonchev–Trinajstić information content (AvgIpc) is 3.30. The fraction of sp³-hybridized carbons (Fsp3) is 0.280. The first kappa shape index (κ1) is 21.2. The van der Waals surface area contributed by atoms with Crippen LogP contribution in [0.15, 0.2) is 66.9 Å². The van der Waals surface area contributed by atoms with E-state index in [9.17, 15) is 14.7 Å². The summed E-state index contributed by atoms with van der Waals surface area (Å²) in [6, 6.07) is 18.1. The third kappa shape index (κ3) is 3.77. The summed E-state index contributed by atoms with van der Waals surface area (Å²) in [5.41, 5.74) is 0.896. The molecule has 1 saturated heterocycles. The maximum absolute atomic E-state index is 13.3. The van der Waals surface area contributed by atoms with E-state index in [0.717, 1.165) is 11.1 Å². The Morgan fingerprint density at radius 2 is 1.76 bits per heavy atom. The number of benzene rings is 2. The van der Waals surface area contributed by atoms with Gasteiger partial charge in [0.25, 0.3) is 5.91 Å². The second kappa shape index (κ2) is 8.06. The van der Waals surface area contributed by atoms with Gasteiger partial charge in [0.2, 0.25) is 5.60 Å². The van der Waals surface area contributed by atoms with Gasteiger partial charge in [0.15, 0.2) is 18.5 Å². The summed E-state index contributed by atoms with van der Waals surface area (Å²) in [5, 5.41) is 22.0. The SMILES string of the molecule is C[N+]1(CC(=O)Nc2cccnn2)CC[C@@H](OC(=O)C2(O)c3ccccc3-c3ccccc32)C1. The van der Waals surface area contributed by atoms with Crippen LogP contribution in [0.2, 0.25) is 0 Å². The minimum Gasteiger partial charge on any atom is -0.453 e. The van der Waals surface area contributed by atoms with Crippen molar-refractivity contribution in [1.82, 2.24) is 10.2 Å². The number of quaternary nitrogens is 1. The number of aliphatic hydroxyl groups is 1. The number of rotatable bonds is 5. The molecule has 168 valence electrons. The van der Waals surface area contributed by atoms with Crippen LogP contribution >= 0.6 is 0 Å². The van der Waals surface area contributed by atoms with Crippen LogP contribution < -0.4 is 5.32 Å². The molecule has 1 fully saturated rings. The van der Waals surface area contributed by atoms with Gasteiger partial charge in [-0.25, -0.2) is 4.79 Å². The molecule has 1 aliphatic carbocycles. The number of carbonyl (C=O) groups excluding carboxylic acids is 2. The van der Waals surface area contributed by atoms with Crippen molar-refractivity contribution < 1.29 is 23.9 Å². The average molecular weight is 445 g/mol. The number of nitrogens with zero attached hydrogens (tertiary/aromatic N) is 3. The van der Waals surface area contributed by atoms with E-state index in [1.54, 1.807) is 24.3 Å². The summed E-state index contributed by atoms with van der Waals surface area (Å²) in [5.74, 6) is -0.457. The highest BCUT2D eigenvalue weighted by atomic mass is 16.6. The van der Waals surface area contributed by atoms with E-state index < -0.39 is 17.7 Å². The number of fused-ring (bicyclic) bond motifs is 3. The lowest BCUT2D eigenvalue weighted by Crippen LogP contribution is -2.48. The lowest BCUT2D eigenvalue weighted by atomic mass is 9.91. The van der Waals surface area contributed by atoms with Crippen LogP contribution in [-0.2, 0) is 19.9 Å². The van der Waals surface area contributed by atoms with Gasteiger partial charge < -0.3 is 19.6 Å². The van der Waals surface area contributed by atoms with E-state index in [2.05, 4.69) is 15.5 Å². The second-order valence-corrected chi connectivity index (χ2v) is 8.96. The number of hydrogen-bond donors (Lipinski definition) is 2. The number of ether oxygens (including phenoxy) is 1. The summed E-state index contributed by atoms with van der Waals surface area (Å²) in [6.45, 7) is 1.39. The predicted octanol–water partition coefficient (Wildman–Crippen LogP) is 2.09. The fourth-order valence-electron chi connectivity index (χ4n) is 4.94. The predicted molar refractivity (Wildman–Crippen MR) is 121 cm³/mol. The largest absolute Gasteiger partial charge is 0.453 e. The third-order valence-electron chi connectivity index (χ3n) is 6.49. The molecule has 2 aromatic carbocycles. The molecule has 8 nitrogen and oxygen atoms in total. The first-order valence-corrected chi connectivity index (χ1v) is 10.9. The highest BCUT2D eigenvalue weighted by molar-refractivity contribution is 5.96. The lowest BCUT2D eigenvalue weighted by Gasteiger charge is -2.29. The van der Waals surface area contributed by atoms with Crippen molar-refractivity contribution >= 4 is 17.7 Å². The molecular formula is C25H25N4O4+. The summed E-state index contributed by atoms with van der Waals surface area (Å²) in [4.78, 5) is 25.8. The first-order valence-electron chi connectivity index (χ1n) is 10.9. The normalized spacial score (nSPS) is 22.3. The van der Waals surface area contributed by atoms with Gasteiger partial charge >= 0.3 is 5.97 Å². The molecule has 2 heterocycles. The number of likely N-dealkylation sites (N-methyl/N-ethyl adjacent to an activating group) is 1. The molecule has 0 saturated carbocycles. The molecule has 0 radical (unpaired) electrons. The number of nitrogens with one attached hydrogen (secondary N) is 1. The number of likely N-dealkylation sites (tertiary alicyclic amines) is 1. The smallest absolute Gasteiger partial charge is 0.348 e. The summed E-state index contributed by atoms with van der Waals surface area (Å²) < 4.78 is 6.27. The number of hydrogen-bond acceptors (Lipinski definition) is 6. The van der Waals surface area contributed by atoms with Crippen molar-refractivity contribution in [2.75, 3.05) is 32.0 Å². The Labute approximate surface area is 191 Å². The van der Waals surface area contributed by atoms with Crippen molar-refractivity contribution in [2.24, 2.45) is 0 Å². The number of carbonyl (C=O) groups is 2. The topological polar surface area (TPSA) is 101 Å². The molecule has 3 aromatic rings. The molecule has 2 atom stereocenters. The zero-order valence-corrected chi connectivity index (χ0v) is 18.3. The van der Waals surface area contributed by atoms with E-state index in [1.807, 2.05) is 43.4 Å². The zero-order valence-electron chi connectivity index (χ0n) is 18.3. The van der Waals surface area contributed by atoms with Gasteiger partial charge in [0.05, 0.1) is 13.6 Å². The monoisotopic (exact) mass is 445 g/mol. The van der Waals surface area contributed by atoms with Gasteiger partial charge in [-0.2, -0.15) is 5.10 Å². The van der Waals surface area contributed by atoms with Crippen LogP contribution in [0, 0.1) is 0 Å². The van der Waals surface area contributed by atoms with E-state index in [1.165, 1.54) is 6.20 Å². The van der Waals surface area contributed by atoms with E-state index >= 15 is 0 Å². The highest BCUT2D eigenvalue weighted by Crippen LogP contribution is 2.48. The maximum Gasteiger partial charge on any atom is 0.348 e. The van der Waals surface area contributed by atoms with E-state index in [-0.39, 0.29) is 12.5 Å². The Kier molecular flexibility index (Phi) is 5.19. The van der Waals surface area contributed by atoms with E-state index in [0.29, 0.717) is 40.9 Å². The molecule has 33 heavy (non-hydrogen) atoms. The van der Waals surface area contributed by atoms with Gasteiger partial charge in [0.1, 0.15) is 6.54 Å². The highest BCUT2D eigenvalue weighted by Gasteiger charge is 2.51. The Morgan fingerprint density at radius 1 is 1.09 bits per heavy atom. The van der Waals surface area contributed by atoms with Crippen molar-refractivity contribution in [3.05, 3.63) is 78.0 Å². The van der Waals surface area contributed by atoms with Gasteiger partial charge in [-0.3, -0.25) is 4.79 Å². The van der Waals surface area contributed by atoms with Crippen molar-refractivity contribution in [1.29, 1.82) is 0 Å². The molecule has 1 amide bonds. The number of esters is 1. The molecule has 0 bridgehead atoms. The number of aromatic nitrogens is 2. The molecule has 2 aliphatic rings. The Bertz CT molecular complexity index is 1170. The molecule has 8 heteroatoms. The minimum atomic E-state index is -1.84. The second-order valence-electron chi connectivity index (χ2n) is 8.96. The maximum atomic E-state index is 13.3. The van der Waals surface area contributed by atoms with Crippen LogP contribution in [-0.4, -0.2) is 64.4 Å². The molecule has 0 spiro atoms. The standard InChI is InChI=1S/C25H24N4O4/c1-29(16-23(30)27-22-11-6-13-26-28-22)14-12-17(15-29)33-24(31)25(32)20-9-4-2-7-18(20)19-8-3-5-10-21(19)25/h2-11,13,17,32H,12,14-16H2,1H3/p+1/t17-,29?/m1/s1. The Balaban J connectivity index is 1.29. The third-order valence-corrected chi connectivity index (χ3v) is 6.49. The summed E-state index contributed by atoms with van der Waals surface area (Å²) in [7, 11) is 1.96. The molecule has 1 unspecified atom stereocenters. The van der Waals surface area contributed by atoms with Gasteiger partial charge in [0, 0.05) is 23.7 Å². The minimum absolute atomic E-state index is 0.178. The zero-order chi connectivity index (χ0) is 23.1. The molecule has 5 rings (SSSR count). The first-order chi connectivity index (χ1) is 15.9. The number of amides is 1. The molecule has 2 N–H and O–H groups in total. The molecule has 1 aliphatic heterocycles. The van der Waals surface area contributed by atoms with Crippen molar-refractivity contribution in [3.63, 3.8) is 0 Å². The Hall–Kier alpha value is -3.62. The lowest BCUT2D eigenvalue weighted by molar-refractivity contribution is -0.890. The van der Waals surface area contributed by atoms with Crippen LogP contribution in [0.4, 0.5) is 5.82 Å². The van der Waals surface area contributed by atoms with E-state index in [4.69, 9.17) is 4.74 Å². The fourth-order valence-corrected chi connectivity index (χ4v) is 4.94. The quantitative estimate of drug-likeness (QED) is 0.461. The van der Waals surface area contributed by atoms with Crippen molar-refractivity contribution in [2.45, 2.75) is 18.1 Å². The van der Waals surface area contributed by atoms with Gasteiger partial charge in [-0.15, -0.1) is 5.10 Å². The summed E-state index contributed by atoms with van der Waals surface area (Å²) in [6.07, 6.45) is 1.76. The molecular weight excluding hydrogens is 420 g/mol. The van der Waals surface area contributed by atoms with Crippen LogP contribution in [0.5, 0.6) is 0 Å². The van der Waals surface area contributed by atoms with Crippen LogP contribution in [0.3, 0.4) is 0 Å². The van der Waals surface area contributed by atoms with Gasteiger partial charge in [-0.1, -0.05) is 48.5 Å². The summed E-state index contributed by atoms with van der Waals surface area (Å²) >= 11 is 0. The van der Waals surface area contributed by atoms with Gasteiger partial charge in [-0.05, 0) is 23.3 Å². The van der Waals surface area contributed by atoms with Crippen LogP contribution in [0.25, 0.3) is 11.1 Å². The molecule has 1 aromatic heterocycles.